The van der Waals surface area contributed by atoms with Crippen LogP contribution in [0.5, 0.6) is 5.75 Å². The summed E-state index contributed by atoms with van der Waals surface area (Å²) in [5, 5.41) is 9.69. The fraction of sp³-hybridized carbons (Fsp3) is 0.417. The van der Waals surface area contributed by atoms with Crippen molar-refractivity contribution in [2.45, 2.75) is 19.1 Å². The van der Waals surface area contributed by atoms with Crippen LogP contribution in [0.4, 0.5) is 0 Å². The summed E-state index contributed by atoms with van der Waals surface area (Å²) >= 11 is 5.82. The van der Waals surface area contributed by atoms with Crippen LogP contribution >= 0.6 is 11.6 Å². The molecule has 1 N–H and O–H groups in total. The number of halogens is 1. The van der Waals surface area contributed by atoms with Gasteiger partial charge in [0.25, 0.3) is 5.91 Å². The second-order valence-electron chi connectivity index (χ2n) is 4.11. The van der Waals surface area contributed by atoms with E-state index in [4.69, 9.17) is 21.4 Å². The van der Waals surface area contributed by atoms with Crippen molar-refractivity contribution in [3.63, 3.8) is 0 Å². The lowest BCUT2D eigenvalue weighted by Crippen LogP contribution is -2.56. The zero-order chi connectivity index (χ0) is 12.4. The van der Waals surface area contributed by atoms with Crippen molar-refractivity contribution < 1.29 is 14.6 Å². The van der Waals surface area contributed by atoms with E-state index < -0.39 is 12.2 Å². The largest absolute Gasteiger partial charge is 0.481 e. The first-order chi connectivity index (χ1) is 8.06. The molecular weight excluding hydrogens is 242 g/mol. The van der Waals surface area contributed by atoms with Gasteiger partial charge < -0.3 is 14.7 Å². The number of aliphatic hydroxyl groups is 1. The SMILES string of the molecule is CC(Oc1cccc(Cl)c1)C(=O)N1CC(O)C1. The van der Waals surface area contributed by atoms with Crippen LogP contribution < -0.4 is 4.74 Å². The van der Waals surface area contributed by atoms with E-state index >= 15 is 0 Å². The highest BCUT2D eigenvalue weighted by atomic mass is 35.5. The molecule has 1 aromatic carbocycles. The summed E-state index contributed by atoms with van der Waals surface area (Å²) in [5.41, 5.74) is 0. The standard InChI is InChI=1S/C12H14ClNO3/c1-8(12(16)14-6-10(15)7-14)17-11-4-2-3-9(13)5-11/h2-5,8,10,15H,6-7H2,1H3. The Balaban J connectivity index is 1.92. The predicted molar refractivity (Wildman–Crippen MR) is 64.1 cm³/mol. The quantitative estimate of drug-likeness (QED) is 0.886. The van der Waals surface area contributed by atoms with Gasteiger partial charge in [-0.25, -0.2) is 0 Å². The van der Waals surface area contributed by atoms with E-state index in [1.54, 1.807) is 36.1 Å². The molecule has 4 nitrogen and oxygen atoms in total. The minimum Gasteiger partial charge on any atom is -0.481 e. The normalized spacial score (nSPS) is 17.5. The lowest BCUT2D eigenvalue weighted by atomic mass is 10.1. The monoisotopic (exact) mass is 255 g/mol. The van der Waals surface area contributed by atoms with Crippen LogP contribution in [-0.2, 0) is 4.79 Å². The van der Waals surface area contributed by atoms with Crippen LogP contribution in [0.1, 0.15) is 6.92 Å². The molecule has 1 aliphatic rings. The number of β-amino-alcohol motifs (C(OH)–C–C–N with tert-alkyl or cyclic N) is 1. The van der Waals surface area contributed by atoms with Gasteiger partial charge in [-0.3, -0.25) is 4.79 Å². The number of benzene rings is 1. The molecule has 1 amide bonds. The number of likely N-dealkylation sites (tertiary alicyclic amines) is 1. The van der Waals surface area contributed by atoms with E-state index in [0.29, 0.717) is 23.9 Å². The Labute approximate surface area is 105 Å². The van der Waals surface area contributed by atoms with Crippen LogP contribution in [0, 0.1) is 0 Å². The number of ether oxygens (including phenoxy) is 1. The van der Waals surface area contributed by atoms with E-state index in [1.807, 2.05) is 0 Å². The molecule has 1 atom stereocenters. The van der Waals surface area contributed by atoms with Gasteiger partial charge in [0.2, 0.25) is 0 Å². The van der Waals surface area contributed by atoms with Gasteiger partial charge in [-0.2, -0.15) is 0 Å². The van der Waals surface area contributed by atoms with Gasteiger partial charge in [0, 0.05) is 18.1 Å². The summed E-state index contributed by atoms with van der Waals surface area (Å²) in [7, 11) is 0. The van der Waals surface area contributed by atoms with E-state index in [9.17, 15) is 4.79 Å². The van der Waals surface area contributed by atoms with Crippen molar-refractivity contribution in [3.8, 4) is 5.75 Å². The molecule has 0 aromatic heterocycles. The first kappa shape index (κ1) is 12.2. The van der Waals surface area contributed by atoms with Gasteiger partial charge in [-0.1, -0.05) is 17.7 Å². The van der Waals surface area contributed by atoms with Gasteiger partial charge in [0.1, 0.15) is 5.75 Å². The lowest BCUT2D eigenvalue weighted by Gasteiger charge is -2.37. The highest BCUT2D eigenvalue weighted by Crippen LogP contribution is 2.19. The van der Waals surface area contributed by atoms with Gasteiger partial charge in [-0.05, 0) is 25.1 Å². The summed E-state index contributed by atoms with van der Waals surface area (Å²) in [6.07, 6.45) is -0.960. The number of aliphatic hydroxyl groups excluding tert-OH is 1. The molecular formula is C12H14ClNO3. The molecule has 92 valence electrons. The summed E-state index contributed by atoms with van der Waals surface area (Å²) in [5.74, 6) is 0.453. The van der Waals surface area contributed by atoms with Gasteiger partial charge in [0.15, 0.2) is 6.10 Å². The molecule has 0 spiro atoms. The summed E-state index contributed by atoms with van der Waals surface area (Å²) in [6.45, 7) is 2.47. The number of nitrogens with zero attached hydrogens (tertiary/aromatic N) is 1. The van der Waals surface area contributed by atoms with Gasteiger partial charge in [-0.15, -0.1) is 0 Å². The van der Waals surface area contributed by atoms with Crippen molar-refractivity contribution >= 4 is 17.5 Å². The highest BCUT2D eigenvalue weighted by molar-refractivity contribution is 6.30. The summed E-state index contributed by atoms with van der Waals surface area (Å²) < 4.78 is 5.49. The fourth-order valence-electron chi connectivity index (χ4n) is 1.69. The van der Waals surface area contributed by atoms with Gasteiger partial charge >= 0.3 is 0 Å². The van der Waals surface area contributed by atoms with Crippen LogP contribution in [0.2, 0.25) is 5.02 Å². The molecule has 2 rings (SSSR count). The Morgan fingerprint density at radius 2 is 2.29 bits per heavy atom. The Bertz CT molecular complexity index is 418. The maximum atomic E-state index is 11.8. The minimum atomic E-state index is -0.569. The third-order valence-corrected chi connectivity index (χ3v) is 2.87. The Kier molecular flexibility index (Phi) is 3.54. The van der Waals surface area contributed by atoms with Crippen LogP contribution in [0.3, 0.4) is 0 Å². The highest BCUT2D eigenvalue weighted by Gasteiger charge is 2.32. The molecule has 1 saturated heterocycles. The lowest BCUT2D eigenvalue weighted by molar-refractivity contribution is -0.148. The Morgan fingerprint density at radius 1 is 1.59 bits per heavy atom. The number of hydrogen-bond donors (Lipinski definition) is 1. The third kappa shape index (κ3) is 2.90. The van der Waals surface area contributed by atoms with E-state index in [2.05, 4.69) is 0 Å². The van der Waals surface area contributed by atoms with Gasteiger partial charge in [0.05, 0.1) is 6.10 Å². The maximum Gasteiger partial charge on any atom is 0.263 e. The molecule has 17 heavy (non-hydrogen) atoms. The molecule has 5 heteroatoms. The van der Waals surface area contributed by atoms with Crippen LogP contribution in [0.15, 0.2) is 24.3 Å². The Morgan fingerprint density at radius 3 is 2.88 bits per heavy atom. The molecule has 1 aromatic rings. The number of amides is 1. The minimum absolute atomic E-state index is 0.115. The number of rotatable bonds is 3. The van der Waals surface area contributed by atoms with Crippen molar-refractivity contribution in [2.75, 3.05) is 13.1 Å². The number of carbonyl (C=O) groups excluding carboxylic acids is 1. The zero-order valence-electron chi connectivity index (χ0n) is 9.47. The smallest absolute Gasteiger partial charge is 0.263 e. The van der Waals surface area contributed by atoms with E-state index in [1.165, 1.54) is 0 Å². The summed E-state index contributed by atoms with van der Waals surface area (Å²) in [4.78, 5) is 13.4. The second kappa shape index (κ2) is 4.94. The Hall–Kier alpha value is -1.26. The zero-order valence-corrected chi connectivity index (χ0v) is 10.2. The average Bonchev–Trinajstić information content (AvgIpc) is 2.24. The number of carbonyl (C=O) groups is 1. The third-order valence-electron chi connectivity index (χ3n) is 2.63. The van der Waals surface area contributed by atoms with Crippen LogP contribution in [-0.4, -0.2) is 41.2 Å². The first-order valence-electron chi connectivity index (χ1n) is 5.45. The predicted octanol–water partition coefficient (Wildman–Crippen LogP) is 1.31. The molecule has 0 saturated carbocycles. The van der Waals surface area contributed by atoms with E-state index in [-0.39, 0.29) is 5.91 Å². The molecule has 0 bridgehead atoms. The molecule has 0 radical (unpaired) electrons. The molecule has 1 aliphatic heterocycles. The molecule has 1 unspecified atom stereocenters. The maximum absolute atomic E-state index is 11.8. The van der Waals surface area contributed by atoms with Crippen LogP contribution in [0.25, 0.3) is 0 Å². The van der Waals surface area contributed by atoms with Crippen molar-refractivity contribution in [2.24, 2.45) is 0 Å². The van der Waals surface area contributed by atoms with Crippen molar-refractivity contribution in [1.82, 2.24) is 4.90 Å². The van der Waals surface area contributed by atoms with Crippen molar-refractivity contribution in [3.05, 3.63) is 29.3 Å². The fourth-order valence-corrected chi connectivity index (χ4v) is 1.87. The summed E-state index contributed by atoms with van der Waals surface area (Å²) in [6, 6.07) is 6.92. The van der Waals surface area contributed by atoms with E-state index in [0.717, 1.165) is 0 Å². The topological polar surface area (TPSA) is 49.8 Å². The molecule has 0 aliphatic carbocycles. The first-order valence-corrected chi connectivity index (χ1v) is 5.83. The molecule has 1 heterocycles. The van der Waals surface area contributed by atoms with Crippen molar-refractivity contribution in [1.29, 1.82) is 0 Å². The molecule has 1 fully saturated rings. The second-order valence-corrected chi connectivity index (χ2v) is 4.55. The average molecular weight is 256 g/mol. The number of hydrogen-bond acceptors (Lipinski definition) is 3.